The zero-order valence-corrected chi connectivity index (χ0v) is 13.0. The van der Waals surface area contributed by atoms with E-state index < -0.39 is 10.8 Å². The molecule has 5 nitrogen and oxygen atoms in total. The molecule has 0 bridgehead atoms. The minimum absolute atomic E-state index is 0.00180. The van der Waals surface area contributed by atoms with Crippen molar-refractivity contribution in [2.24, 2.45) is 5.92 Å². The van der Waals surface area contributed by atoms with E-state index in [4.69, 9.17) is 10.5 Å². The molecule has 6 heteroatoms. The van der Waals surface area contributed by atoms with Crippen LogP contribution >= 0.6 is 0 Å². The summed E-state index contributed by atoms with van der Waals surface area (Å²) in [6, 6.07) is 5.01. The summed E-state index contributed by atoms with van der Waals surface area (Å²) in [6.45, 7) is 4.13. The van der Waals surface area contributed by atoms with Crippen molar-refractivity contribution in [1.29, 1.82) is 0 Å². The van der Waals surface area contributed by atoms with Crippen LogP contribution in [0.25, 0.3) is 0 Å². The first kappa shape index (κ1) is 16.5. The predicted octanol–water partition coefficient (Wildman–Crippen LogP) is 2.01. The van der Waals surface area contributed by atoms with Gasteiger partial charge in [-0.3, -0.25) is 9.00 Å². The highest BCUT2D eigenvalue weighted by Gasteiger charge is 2.11. The number of hydrogen-bond acceptors (Lipinski definition) is 4. The lowest BCUT2D eigenvalue weighted by molar-refractivity contribution is -0.113. The standard InChI is InChI=1S/C14H22N2O3S/c1-10(2)6-7-20(18)9-14(17)16-13-5-4-11(19-3)8-12(13)15/h4-5,8,10H,6-7,9,15H2,1-3H3,(H,16,17). The monoisotopic (exact) mass is 298 g/mol. The molecule has 112 valence electrons. The number of methoxy groups -OCH3 is 1. The second kappa shape index (κ2) is 7.89. The van der Waals surface area contributed by atoms with Gasteiger partial charge in [-0.25, -0.2) is 0 Å². The average molecular weight is 298 g/mol. The fourth-order valence-corrected chi connectivity index (χ4v) is 2.80. The summed E-state index contributed by atoms with van der Waals surface area (Å²) >= 11 is 0. The summed E-state index contributed by atoms with van der Waals surface area (Å²) in [4.78, 5) is 11.8. The maximum atomic E-state index is 11.8. The van der Waals surface area contributed by atoms with Gasteiger partial charge in [-0.05, 0) is 24.5 Å². The Balaban J connectivity index is 2.52. The van der Waals surface area contributed by atoms with Gasteiger partial charge in [0.1, 0.15) is 11.5 Å². The van der Waals surface area contributed by atoms with E-state index in [0.29, 0.717) is 28.8 Å². The number of hydrogen-bond donors (Lipinski definition) is 2. The molecule has 3 N–H and O–H groups in total. The molecule has 1 aromatic carbocycles. The predicted molar refractivity (Wildman–Crippen MR) is 83.4 cm³/mol. The highest BCUT2D eigenvalue weighted by Crippen LogP contribution is 2.23. The van der Waals surface area contributed by atoms with Gasteiger partial charge in [0.2, 0.25) is 5.91 Å². The molecule has 1 aromatic rings. The van der Waals surface area contributed by atoms with Crippen LogP contribution in [-0.2, 0) is 15.6 Å². The van der Waals surface area contributed by atoms with Gasteiger partial charge < -0.3 is 15.8 Å². The summed E-state index contributed by atoms with van der Waals surface area (Å²) in [5.74, 6) is 1.37. The molecular weight excluding hydrogens is 276 g/mol. The largest absolute Gasteiger partial charge is 0.497 e. The van der Waals surface area contributed by atoms with E-state index in [9.17, 15) is 9.00 Å². The minimum atomic E-state index is -1.13. The molecule has 0 aliphatic rings. The van der Waals surface area contributed by atoms with Crippen molar-refractivity contribution in [2.75, 3.05) is 29.7 Å². The maximum Gasteiger partial charge on any atom is 0.237 e. The molecule has 0 saturated carbocycles. The number of anilines is 2. The van der Waals surface area contributed by atoms with E-state index in [-0.39, 0.29) is 11.7 Å². The smallest absolute Gasteiger partial charge is 0.237 e. The van der Waals surface area contributed by atoms with Crippen molar-refractivity contribution < 1.29 is 13.7 Å². The molecule has 0 aromatic heterocycles. The summed E-state index contributed by atoms with van der Waals surface area (Å²) in [5, 5.41) is 2.67. The van der Waals surface area contributed by atoms with Gasteiger partial charge in [0, 0.05) is 22.6 Å². The van der Waals surface area contributed by atoms with E-state index in [1.54, 1.807) is 25.3 Å². The van der Waals surface area contributed by atoms with Crippen LogP contribution < -0.4 is 15.8 Å². The molecule has 1 rings (SSSR count). The third kappa shape index (κ3) is 5.61. The second-order valence-corrected chi connectivity index (χ2v) is 6.55. The van der Waals surface area contributed by atoms with E-state index in [0.717, 1.165) is 6.42 Å². The Morgan fingerprint density at radius 2 is 2.15 bits per heavy atom. The third-order valence-electron chi connectivity index (χ3n) is 2.75. The van der Waals surface area contributed by atoms with Crippen molar-refractivity contribution in [1.82, 2.24) is 0 Å². The first-order chi connectivity index (χ1) is 9.42. The van der Waals surface area contributed by atoms with Gasteiger partial charge in [0.15, 0.2) is 0 Å². The number of nitrogen functional groups attached to an aromatic ring is 1. The first-order valence-corrected chi connectivity index (χ1v) is 7.99. The maximum absolute atomic E-state index is 11.8. The van der Waals surface area contributed by atoms with E-state index in [1.807, 2.05) is 0 Å². The van der Waals surface area contributed by atoms with E-state index in [2.05, 4.69) is 19.2 Å². The van der Waals surface area contributed by atoms with Gasteiger partial charge in [0.25, 0.3) is 0 Å². The normalized spacial score (nSPS) is 12.2. The van der Waals surface area contributed by atoms with E-state index >= 15 is 0 Å². The van der Waals surface area contributed by atoms with Gasteiger partial charge in [-0.15, -0.1) is 0 Å². The Bertz CT molecular complexity index is 489. The van der Waals surface area contributed by atoms with Gasteiger partial charge >= 0.3 is 0 Å². The summed E-state index contributed by atoms with van der Waals surface area (Å²) in [6.07, 6.45) is 0.852. The number of rotatable bonds is 7. The van der Waals surface area contributed by atoms with Gasteiger partial charge in [-0.1, -0.05) is 13.8 Å². The SMILES string of the molecule is COc1ccc(NC(=O)CS(=O)CCC(C)C)c(N)c1. The van der Waals surface area contributed by atoms with Crippen molar-refractivity contribution in [2.45, 2.75) is 20.3 Å². The van der Waals surface area contributed by atoms with Crippen LogP contribution in [0.1, 0.15) is 20.3 Å². The molecule has 1 atom stereocenters. The Hall–Kier alpha value is -1.56. The quantitative estimate of drug-likeness (QED) is 0.754. The van der Waals surface area contributed by atoms with Crippen molar-refractivity contribution in [3.8, 4) is 5.75 Å². The third-order valence-corrected chi connectivity index (χ3v) is 4.02. The molecular formula is C14H22N2O3S. The number of carbonyl (C=O) groups is 1. The second-order valence-electron chi connectivity index (χ2n) is 4.97. The molecule has 20 heavy (non-hydrogen) atoms. The Kier molecular flexibility index (Phi) is 6.51. The van der Waals surface area contributed by atoms with Crippen LogP contribution in [0.15, 0.2) is 18.2 Å². The van der Waals surface area contributed by atoms with Crippen LogP contribution in [0.3, 0.4) is 0 Å². The summed E-state index contributed by atoms with van der Waals surface area (Å²) < 4.78 is 16.8. The van der Waals surface area contributed by atoms with E-state index in [1.165, 1.54) is 0 Å². The van der Waals surface area contributed by atoms with Crippen LogP contribution in [0.4, 0.5) is 11.4 Å². The molecule has 0 radical (unpaired) electrons. The van der Waals surface area contributed by atoms with Gasteiger partial charge in [-0.2, -0.15) is 0 Å². The Morgan fingerprint density at radius 1 is 1.45 bits per heavy atom. The Morgan fingerprint density at radius 3 is 2.70 bits per heavy atom. The molecule has 0 spiro atoms. The lowest BCUT2D eigenvalue weighted by atomic mass is 10.2. The van der Waals surface area contributed by atoms with Crippen LogP contribution in [0.2, 0.25) is 0 Å². The highest BCUT2D eigenvalue weighted by atomic mass is 32.2. The lowest BCUT2D eigenvalue weighted by Gasteiger charge is -2.10. The van der Waals surface area contributed by atoms with Crippen molar-refractivity contribution >= 4 is 28.1 Å². The minimum Gasteiger partial charge on any atom is -0.497 e. The number of benzene rings is 1. The fraction of sp³-hybridized carbons (Fsp3) is 0.500. The number of nitrogens with one attached hydrogen (secondary N) is 1. The summed E-state index contributed by atoms with van der Waals surface area (Å²) in [7, 11) is 0.412. The topological polar surface area (TPSA) is 81.4 Å². The average Bonchev–Trinajstić information content (AvgIpc) is 2.38. The van der Waals surface area contributed by atoms with Crippen LogP contribution in [0, 0.1) is 5.92 Å². The molecule has 0 fully saturated rings. The van der Waals surface area contributed by atoms with Crippen LogP contribution in [0.5, 0.6) is 5.75 Å². The fourth-order valence-electron chi connectivity index (χ4n) is 1.55. The zero-order valence-electron chi connectivity index (χ0n) is 12.1. The molecule has 0 aliphatic carbocycles. The highest BCUT2D eigenvalue weighted by molar-refractivity contribution is 7.85. The van der Waals surface area contributed by atoms with Crippen LogP contribution in [-0.4, -0.2) is 28.7 Å². The van der Waals surface area contributed by atoms with Crippen molar-refractivity contribution in [3.05, 3.63) is 18.2 Å². The number of carbonyl (C=O) groups excluding carboxylic acids is 1. The number of ether oxygens (including phenoxy) is 1. The summed E-state index contributed by atoms with van der Waals surface area (Å²) in [5.41, 5.74) is 6.74. The molecule has 0 saturated heterocycles. The Labute approximate surface area is 122 Å². The molecule has 1 unspecified atom stereocenters. The zero-order chi connectivity index (χ0) is 15.1. The van der Waals surface area contributed by atoms with Crippen molar-refractivity contribution in [3.63, 3.8) is 0 Å². The lowest BCUT2D eigenvalue weighted by Crippen LogP contribution is -2.21. The molecule has 1 amide bonds. The number of amides is 1. The first-order valence-electron chi connectivity index (χ1n) is 6.50. The van der Waals surface area contributed by atoms with Gasteiger partial charge in [0.05, 0.1) is 18.5 Å². The molecule has 0 aliphatic heterocycles. The molecule has 0 heterocycles. The number of nitrogens with two attached hydrogens (primary N) is 1.